The molecule has 0 radical (unpaired) electrons. The van der Waals surface area contributed by atoms with Gasteiger partial charge in [0.1, 0.15) is 17.8 Å². The molecule has 0 fully saturated rings. The van der Waals surface area contributed by atoms with E-state index in [0.717, 1.165) is 0 Å². The number of halogens is 3. The van der Waals surface area contributed by atoms with Crippen molar-refractivity contribution in [1.82, 2.24) is 0 Å². The van der Waals surface area contributed by atoms with Crippen LogP contribution in [0.15, 0.2) is 34.3 Å². The van der Waals surface area contributed by atoms with Gasteiger partial charge >= 0.3 is 6.36 Å². The SMILES string of the molecule is COC1=N[C@H](Cc2ccccc2OC(F)(F)F)C(OC)=N[C@H]1C(C)C. The number of benzene rings is 1. The van der Waals surface area contributed by atoms with E-state index in [9.17, 15) is 13.2 Å². The van der Waals surface area contributed by atoms with Crippen LogP contribution in [0.3, 0.4) is 0 Å². The lowest BCUT2D eigenvalue weighted by molar-refractivity contribution is -0.274. The smallest absolute Gasteiger partial charge is 0.483 e. The van der Waals surface area contributed by atoms with Crippen molar-refractivity contribution in [1.29, 1.82) is 0 Å². The third-order valence-corrected chi connectivity index (χ3v) is 3.75. The quantitative estimate of drug-likeness (QED) is 0.826. The molecule has 25 heavy (non-hydrogen) atoms. The summed E-state index contributed by atoms with van der Waals surface area (Å²) in [5.74, 6) is 0.688. The molecule has 2 atom stereocenters. The molecule has 8 heteroatoms. The molecule has 0 saturated heterocycles. The van der Waals surface area contributed by atoms with E-state index in [-0.39, 0.29) is 24.1 Å². The molecule has 2 rings (SSSR count). The summed E-state index contributed by atoms with van der Waals surface area (Å²) in [6.07, 6.45) is -4.61. The Morgan fingerprint density at radius 3 is 2.24 bits per heavy atom. The van der Waals surface area contributed by atoms with E-state index in [0.29, 0.717) is 17.4 Å². The highest BCUT2D eigenvalue weighted by Crippen LogP contribution is 2.28. The van der Waals surface area contributed by atoms with Crippen LogP contribution in [0, 0.1) is 5.92 Å². The van der Waals surface area contributed by atoms with Crippen molar-refractivity contribution in [2.45, 2.75) is 38.7 Å². The molecule has 0 saturated carbocycles. The minimum absolute atomic E-state index is 0.144. The molecule has 1 aromatic carbocycles. The van der Waals surface area contributed by atoms with Crippen molar-refractivity contribution >= 4 is 11.8 Å². The Kier molecular flexibility index (Phi) is 5.92. The third-order valence-electron chi connectivity index (χ3n) is 3.75. The maximum atomic E-state index is 12.6. The van der Waals surface area contributed by atoms with Gasteiger partial charge in [0.05, 0.1) is 14.2 Å². The van der Waals surface area contributed by atoms with Crippen LogP contribution in [0.25, 0.3) is 0 Å². The largest absolute Gasteiger partial charge is 0.573 e. The summed E-state index contributed by atoms with van der Waals surface area (Å²) >= 11 is 0. The number of rotatable bonds is 4. The fourth-order valence-electron chi connectivity index (χ4n) is 2.60. The van der Waals surface area contributed by atoms with Crippen molar-refractivity contribution in [3.63, 3.8) is 0 Å². The van der Waals surface area contributed by atoms with Crippen LogP contribution in [-0.2, 0) is 15.9 Å². The second-order valence-corrected chi connectivity index (χ2v) is 5.91. The lowest BCUT2D eigenvalue weighted by Gasteiger charge is -2.27. The highest BCUT2D eigenvalue weighted by molar-refractivity contribution is 5.94. The van der Waals surface area contributed by atoms with Crippen LogP contribution >= 0.6 is 0 Å². The third kappa shape index (κ3) is 4.87. The first-order chi connectivity index (χ1) is 11.7. The van der Waals surface area contributed by atoms with E-state index < -0.39 is 12.4 Å². The van der Waals surface area contributed by atoms with Gasteiger partial charge < -0.3 is 14.2 Å². The normalized spacial score (nSPS) is 20.8. The van der Waals surface area contributed by atoms with Crippen molar-refractivity contribution in [3.8, 4) is 5.75 Å². The summed E-state index contributed by atoms with van der Waals surface area (Å²) in [5.41, 5.74) is 0.358. The first-order valence-electron chi connectivity index (χ1n) is 7.82. The van der Waals surface area contributed by atoms with Gasteiger partial charge in [-0.1, -0.05) is 32.0 Å². The van der Waals surface area contributed by atoms with Crippen molar-refractivity contribution in [3.05, 3.63) is 29.8 Å². The molecule has 0 N–H and O–H groups in total. The van der Waals surface area contributed by atoms with Gasteiger partial charge in [-0.25, -0.2) is 9.98 Å². The lowest BCUT2D eigenvalue weighted by Crippen LogP contribution is -2.38. The van der Waals surface area contributed by atoms with Crippen molar-refractivity contribution in [2.75, 3.05) is 14.2 Å². The van der Waals surface area contributed by atoms with Crippen LogP contribution in [0.1, 0.15) is 19.4 Å². The van der Waals surface area contributed by atoms with Crippen LogP contribution < -0.4 is 4.74 Å². The summed E-state index contributed by atoms with van der Waals surface area (Å²) in [4.78, 5) is 9.00. The maximum Gasteiger partial charge on any atom is 0.573 e. The molecule has 0 bridgehead atoms. The van der Waals surface area contributed by atoms with Gasteiger partial charge in [-0.05, 0) is 17.5 Å². The Balaban J connectivity index is 2.30. The van der Waals surface area contributed by atoms with Crippen LogP contribution in [0.5, 0.6) is 5.75 Å². The number of hydrogen-bond acceptors (Lipinski definition) is 5. The minimum atomic E-state index is -4.76. The molecule has 0 amide bonds. The summed E-state index contributed by atoms with van der Waals surface area (Å²) in [5, 5.41) is 0. The van der Waals surface area contributed by atoms with Crippen molar-refractivity contribution < 1.29 is 27.4 Å². The molecular formula is C17H21F3N2O3. The van der Waals surface area contributed by atoms with E-state index in [1.807, 2.05) is 13.8 Å². The fourth-order valence-corrected chi connectivity index (χ4v) is 2.60. The monoisotopic (exact) mass is 358 g/mol. The number of ether oxygens (including phenoxy) is 3. The van der Waals surface area contributed by atoms with Gasteiger partial charge in [-0.15, -0.1) is 13.2 Å². The molecule has 0 aliphatic carbocycles. The summed E-state index contributed by atoms with van der Waals surface area (Å²) in [7, 11) is 2.97. The Bertz CT molecular complexity index is 657. The number of methoxy groups -OCH3 is 2. The second kappa shape index (κ2) is 7.76. The Labute approximate surface area is 144 Å². The molecule has 1 aromatic rings. The second-order valence-electron chi connectivity index (χ2n) is 5.91. The Hall–Kier alpha value is -2.25. The van der Waals surface area contributed by atoms with Gasteiger partial charge in [-0.2, -0.15) is 0 Å². The molecule has 0 aromatic heterocycles. The predicted molar refractivity (Wildman–Crippen MR) is 88.1 cm³/mol. The van der Waals surface area contributed by atoms with E-state index in [1.165, 1.54) is 26.4 Å². The van der Waals surface area contributed by atoms with E-state index >= 15 is 0 Å². The highest BCUT2D eigenvalue weighted by atomic mass is 19.4. The average molecular weight is 358 g/mol. The molecule has 0 spiro atoms. The summed E-state index contributed by atoms with van der Waals surface area (Å²) < 4.78 is 52.5. The highest BCUT2D eigenvalue weighted by Gasteiger charge is 2.34. The van der Waals surface area contributed by atoms with E-state index in [4.69, 9.17) is 9.47 Å². The number of aliphatic imine (C=N–C) groups is 2. The zero-order valence-electron chi connectivity index (χ0n) is 14.5. The molecule has 1 aliphatic rings. The number of nitrogens with zero attached hydrogens (tertiary/aromatic N) is 2. The average Bonchev–Trinajstić information content (AvgIpc) is 2.54. The summed E-state index contributed by atoms with van der Waals surface area (Å²) in [6.45, 7) is 3.95. The van der Waals surface area contributed by atoms with Crippen LogP contribution in [0.4, 0.5) is 13.2 Å². The van der Waals surface area contributed by atoms with E-state index in [2.05, 4.69) is 14.7 Å². The molecule has 0 unspecified atom stereocenters. The molecule has 138 valence electrons. The summed E-state index contributed by atoms with van der Waals surface area (Å²) in [6, 6.07) is 5.10. The van der Waals surface area contributed by atoms with Crippen LogP contribution in [-0.4, -0.2) is 44.5 Å². The van der Waals surface area contributed by atoms with Gasteiger partial charge in [0.25, 0.3) is 0 Å². The first-order valence-corrected chi connectivity index (χ1v) is 7.82. The number of alkyl halides is 3. The number of hydrogen-bond donors (Lipinski definition) is 0. The Morgan fingerprint density at radius 1 is 1.04 bits per heavy atom. The molecular weight excluding hydrogens is 337 g/mol. The van der Waals surface area contributed by atoms with Gasteiger partial charge in [0, 0.05) is 6.42 Å². The Morgan fingerprint density at radius 2 is 1.68 bits per heavy atom. The minimum Gasteiger partial charge on any atom is -0.483 e. The first kappa shape index (κ1) is 19.1. The zero-order valence-corrected chi connectivity index (χ0v) is 14.5. The standard InChI is InChI=1S/C17H21F3N2O3/c1-10(2)14-16(24-4)21-12(15(22-14)23-3)9-11-7-5-6-8-13(11)25-17(18,19)20/h5-8,10,12,14H,9H2,1-4H3/t12-,14+/m1/s1. The molecule has 5 nitrogen and oxygen atoms in total. The fraction of sp³-hybridized carbons (Fsp3) is 0.529. The van der Waals surface area contributed by atoms with Gasteiger partial charge in [-0.3, -0.25) is 0 Å². The number of para-hydroxylation sites is 1. The lowest BCUT2D eigenvalue weighted by atomic mass is 10.00. The molecule has 1 aliphatic heterocycles. The van der Waals surface area contributed by atoms with Crippen molar-refractivity contribution in [2.24, 2.45) is 15.9 Å². The van der Waals surface area contributed by atoms with Gasteiger partial charge in [0.15, 0.2) is 0 Å². The van der Waals surface area contributed by atoms with Crippen LogP contribution in [0.2, 0.25) is 0 Å². The van der Waals surface area contributed by atoms with Gasteiger partial charge in [0.2, 0.25) is 11.8 Å². The maximum absolute atomic E-state index is 12.6. The topological polar surface area (TPSA) is 52.4 Å². The van der Waals surface area contributed by atoms with E-state index in [1.54, 1.807) is 12.1 Å². The molecule has 1 heterocycles. The zero-order chi connectivity index (χ0) is 18.6. The predicted octanol–water partition coefficient (Wildman–Crippen LogP) is 3.62.